The van der Waals surface area contributed by atoms with Crippen molar-refractivity contribution in [3.05, 3.63) is 52.0 Å². The predicted octanol–water partition coefficient (Wildman–Crippen LogP) is 5.43. The average molecular weight is 302 g/mol. The van der Waals surface area contributed by atoms with Crippen molar-refractivity contribution in [2.24, 2.45) is 0 Å². The molecule has 1 aliphatic heterocycles. The van der Waals surface area contributed by atoms with E-state index in [2.05, 4.69) is 38.2 Å². The Hall–Kier alpha value is -1.67. The summed E-state index contributed by atoms with van der Waals surface area (Å²) in [5.74, 6) is 0.891. The van der Waals surface area contributed by atoms with Gasteiger partial charge in [0.05, 0.1) is 6.61 Å². The molecule has 21 heavy (non-hydrogen) atoms. The van der Waals surface area contributed by atoms with Gasteiger partial charge in [-0.05, 0) is 48.7 Å². The van der Waals surface area contributed by atoms with Gasteiger partial charge in [-0.2, -0.15) is 0 Å². The summed E-state index contributed by atoms with van der Waals surface area (Å²) in [5.41, 5.74) is 5.93. The molecule has 2 aromatic rings. The molecule has 0 fully saturated rings. The Morgan fingerprint density at radius 2 is 1.90 bits per heavy atom. The van der Waals surface area contributed by atoms with E-state index in [0.29, 0.717) is 6.61 Å². The summed E-state index contributed by atoms with van der Waals surface area (Å²) in [6.45, 7) is 9.30. The van der Waals surface area contributed by atoms with Crippen LogP contribution in [0, 0.1) is 6.92 Å². The molecular formula is C18H20ClNO. The number of benzene rings is 2. The summed E-state index contributed by atoms with van der Waals surface area (Å²) in [7, 11) is 0. The Balaban J connectivity index is 2.18. The zero-order valence-corrected chi connectivity index (χ0v) is 13.6. The molecule has 1 heterocycles. The first-order chi connectivity index (χ1) is 9.93. The number of fused-ring (bicyclic) bond motifs is 2. The Kier molecular flexibility index (Phi) is 3.37. The third-order valence-corrected chi connectivity index (χ3v) is 4.39. The van der Waals surface area contributed by atoms with Gasteiger partial charge in [-0.1, -0.05) is 31.5 Å². The fraction of sp³-hybridized carbons (Fsp3) is 0.333. The number of hydrogen-bond acceptors (Lipinski definition) is 2. The highest BCUT2D eigenvalue weighted by atomic mass is 35.5. The van der Waals surface area contributed by atoms with Gasteiger partial charge in [0.15, 0.2) is 0 Å². The van der Waals surface area contributed by atoms with Crippen molar-refractivity contribution in [1.82, 2.24) is 0 Å². The molecule has 0 saturated heterocycles. The van der Waals surface area contributed by atoms with E-state index < -0.39 is 0 Å². The van der Waals surface area contributed by atoms with Crippen LogP contribution in [0.4, 0.5) is 11.4 Å². The van der Waals surface area contributed by atoms with Gasteiger partial charge >= 0.3 is 0 Å². The monoisotopic (exact) mass is 301 g/mol. The summed E-state index contributed by atoms with van der Waals surface area (Å²) in [5, 5.41) is 4.28. The van der Waals surface area contributed by atoms with Crippen molar-refractivity contribution < 1.29 is 4.74 Å². The highest BCUT2D eigenvalue weighted by Gasteiger charge is 2.34. The maximum absolute atomic E-state index is 6.22. The van der Waals surface area contributed by atoms with E-state index >= 15 is 0 Å². The summed E-state index contributed by atoms with van der Waals surface area (Å²) < 4.78 is 5.61. The molecule has 0 unspecified atom stereocenters. The van der Waals surface area contributed by atoms with Crippen LogP contribution in [-0.2, 0) is 5.41 Å². The lowest BCUT2D eigenvalue weighted by molar-refractivity contribution is 0.340. The Morgan fingerprint density at radius 1 is 1.14 bits per heavy atom. The molecule has 110 valence electrons. The second kappa shape index (κ2) is 4.96. The molecule has 0 amide bonds. The second-order valence-corrected chi connectivity index (χ2v) is 6.47. The number of aryl methyl sites for hydroxylation is 1. The van der Waals surface area contributed by atoms with Gasteiger partial charge in [0.2, 0.25) is 0 Å². The molecule has 0 bridgehead atoms. The minimum Gasteiger partial charge on any atom is -0.494 e. The van der Waals surface area contributed by atoms with Crippen LogP contribution in [0.3, 0.4) is 0 Å². The molecule has 0 spiro atoms. The zero-order chi connectivity index (χ0) is 15.2. The van der Waals surface area contributed by atoms with E-state index in [9.17, 15) is 0 Å². The molecule has 3 rings (SSSR count). The van der Waals surface area contributed by atoms with E-state index in [1.165, 1.54) is 16.7 Å². The first-order valence-corrected chi connectivity index (χ1v) is 7.66. The molecule has 3 heteroatoms. The topological polar surface area (TPSA) is 21.3 Å². The molecule has 0 saturated carbocycles. The van der Waals surface area contributed by atoms with Crippen LogP contribution in [0.1, 0.15) is 37.5 Å². The second-order valence-electron chi connectivity index (χ2n) is 6.04. The van der Waals surface area contributed by atoms with Crippen LogP contribution in [0.15, 0.2) is 30.3 Å². The van der Waals surface area contributed by atoms with Gasteiger partial charge in [0, 0.05) is 27.9 Å². The van der Waals surface area contributed by atoms with Crippen LogP contribution in [0.25, 0.3) is 0 Å². The van der Waals surface area contributed by atoms with E-state index in [1.807, 2.05) is 25.1 Å². The first kappa shape index (κ1) is 14.3. The predicted molar refractivity (Wildman–Crippen MR) is 89.2 cm³/mol. The summed E-state index contributed by atoms with van der Waals surface area (Å²) in [4.78, 5) is 0. The number of rotatable bonds is 2. The van der Waals surface area contributed by atoms with Crippen molar-refractivity contribution in [3.63, 3.8) is 0 Å². The van der Waals surface area contributed by atoms with Crippen LogP contribution in [0.5, 0.6) is 5.75 Å². The number of hydrogen-bond donors (Lipinski definition) is 1. The highest BCUT2D eigenvalue weighted by Crippen LogP contribution is 2.48. The van der Waals surface area contributed by atoms with Crippen LogP contribution < -0.4 is 10.1 Å². The van der Waals surface area contributed by atoms with Crippen molar-refractivity contribution in [1.29, 1.82) is 0 Å². The first-order valence-electron chi connectivity index (χ1n) is 7.28. The van der Waals surface area contributed by atoms with Crippen LogP contribution in [0.2, 0.25) is 5.02 Å². The summed E-state index contributed by atoms with van der Waals surface area (Å²) in [6.07, 6.45) is 0. The van der Waals surface area contributed by atoms with Crippen LogP contribution in [-0.4, -0.2) is 6.61 Å². The standard InChI is InChI=1S/C18H20ClNO/c1-5-21-13-6-7-14-15(10-13)20-16-9-12(19)8-11(2)17(16)18(14,3)4/h6-10,20H,5H2,1-4H3. The average Bonchev–Trinajstić information content (AvgIpc) is 2.37. The van der Waals surface area contributed by atoms with Gasteiger partial charge in [-0.3, -0.25) is 0 Å². The smallest absolute Gasteiger partial charge is 0.121 e. The fourth-order valence-corrected chi connectivity index (χ4v) is 3.65. The number of nitrogens with one attached hydrogen (secondary N) is 1. The lowest BCUT2D eigenvalue weighted by Gasteiger charge is -2.37. The van der Waals surface area contributed by atoms with Crippen molar-refractivity contribution >= 4 is 23.0 Å². The highest BCUT2D eigenvalue weighted by molar-refractivity contribution is 6.31. The Bertz CT molecular complexity index is 707. The van der Waals surface area contributed by atoms with E-state index in [1.54, 1.807) is 0 Å². The van der Waals surface area contributed by atoms with Crippen molar-refractivity contribution in [2.45, 2.75) is 33.1 Å². The van der Waals surface area contributed by atoms with Gasteiger partial charge < -0.3 is 10.1 Å². The Labute approximate surface area is 131 Å². The minimum atomic E-state index is -0.0602. The van der Waals surface area contributed by atoms with Gasteiger partial charge in [0.1, 0.15) is 5.75 Å². The molecule has 0 radical (unpaired) electrons. The number of ether oxygens (including phenoxy) is 1. The van der Waals surface area contributed by atoms with Crippen LogP contribution >= 0.6 is 11.6 Å². The molecule has 1 aliphatic rings. The number of halogens is 1. The zero-order valence-electron chi connectivity index (χ0n) is 12.9. The van der Waals surface area contributed by atoms with Crippen molar-refractivity contribution in [3.8, 4) is 5.75 Å². The quantitative estimate of drug-likeness (QED) is 0.798. The maximum Gasteiger partial charge on any atom is 0.121 e. The normalized spacial score (nSPS) is 14.9. The molecule has 0 aromatic heterocycles. The molecule has 2 aromatic carbocycles. The SMILES string of the molecule is CCOc1ccc2c(c1)Nc1cc(Cl)cc(C)c1C2(C)C. The third kappa shape index (κ3) is 2.28. The van der Waals surface area contributed by atoms with Gasteiger partial charge in [0.25, 0.3) is 0 Å². The third-order valence-electron chi connectivity index (χ3n) is 4.17. The minimum absolute atomic E-state index is 0.0602. The van der Waals surface area contributed by atoms with Gasteiger partial charge in [-0.15, -0.1) is 0 Å². The summed E-state index contributed by atoms with van der Waals surface area (Å²) >= 11 is 6.22. The maximum atomic E-state index is 6.22. The van der Waals surface area contributed by atoms with Crippen molar-refractivity contribution in [2.75, 3.05) is 11.9 Å². The molecule has 0 aliphatic carbocycles. The van der Waals surface area contributed by atoms with E-state index in [4.69, 9.17) is 16.3 Å². The molecular weight excluding hydrogens is 282 g/mol. The molecule has 0 atom stereocenters. The lowest BCUT2D eigenvalue weighted by atomic mass is 9.72. The van der Waals surface area contributed by atoms with E-state index in [-0.39, 0.29) is 5.41 Å². The number of anilines is 2. The van der Waals surface area contributed by atoms with E-state index in [0.717, 1.165) is 22.1 Å². The fourth-order valence-electron chi connectivity index (χ4n) is 3.38. The van der Waals surface area contributed by atoms with Gasteiger partial charge in [-0.25, -0.2) is 0 Å². The lowest BCUT2D eigenvalue weighted by Crippen LogP contribution is -2.27. The molecule has 2 nitrogen and oxygen atoms in total. The Morgan fingerprint density at radius 3 is 2.62 bits per heavy atom. The molecule has 1 N–H and O–H groups in total. The largest absolute Gasteiger partial charge is 0.494 e. The summed E-state index contributed by atoms with van der Waals surface area (Å²) in [6, 6.07) is 10.3.